The molecule has 65 heavy (non-hydrogen) atoms. The van der Waals surface area contributed by atoms with Crippen molar-refractivity contribution in [1.29, 1.82) is 0 Å². The van der Waals surface area contributed by atoms with E-state index < -0.39 is 26.7 Å². The molecule has 0 aliphatic carbocycles. The van der Waals surface area contributed by atoms with Crippen molar-refractivity contribution >= 4 is 58.5 Å². The monoisotopic (exact) mass is 908 g/mol. The van der Waals surface area contributed by atoms with E-state index in [1.54, 1.807) is 98.8 Å². The molecule has 7 aromatic rings. The minimum Gasteiger partial charge on any atom is -0.493 e. The van der Waals surface area contributed by atoms with Crippen LogP contribution in [-0.2, 0) is 13.9 Å². The van der Waals surface area contributed by atoms with E-state index in [0.717, 1.165) is 33.5 Å². The quantitative estimate of drug-likeness (QED) is 0.0662. The Bertz CT molecular complexity index is 2610. The number of carbonyl (C=O) groups is 2. The van der Waals surface area contributed by atoms with Crippen LogP contribution in [0.2, 0.25) is 0 Å². The Balaban J connectivity index is 0.000000255. The summed E-state index contributed by atoms with van der Waals surface area (Å²) in [4.78, 5) is 25.7. The van der Waals surface area contributed by atoms with Gasteiger partial charge in [-0.25, -0.2) is 0 Å². The Labute approximate surface area is 381 Å². The van der Waals surface area contributed by atoms with Crippen LogP contribution < -0.4 is 46.4 Å². The summed E-state index contributed by atoms with van der Waals surface area (Å²) in [6.45, 7) is 5.98. The molecule has 7 rings (SSSR count). The number of anilines is 1. The highest BCUT2D eigenvalue weighted by Gasteiger charge is 2.32. The normalized spacial score (nSPS) is 12.1. The first-order valence-corrected chi connectivity index (χ1v) is 24.8. The first-order chi connectivity index (χ1) is 31.4. The van der Waals surface area contributed by atoms with Gasteiger partial charge in [-0.1, -0.05) is 140 Å². The third-order valence-electron chi connectivity index (χ3n) is 10.4. The van der Waals surface area contributed by atoms with Gasteiger partial charge in [0.2, 0.25) is 5.91 Å². The SMILES string of the molecule is CC(O)c1ccc(P(=O)(c2ccccc2)c2ccccc2)cc1.CCCNC(=O)c1ccc(NC(=O)CCOc2ccc(C(C)O)cc2)c(OP(=O)(c2ccccc2)c2ccccc2)c1. The van der Waals surface area contributed by atoms with Crippen LogP contribution in [0.4, 0.5) is 5.69 Å². The zero-order valence-corrected chi connectivity index (χ0v) is 38.4. The van der Waals surface area contributed by atoms with Crippen molar-refractivity contribution < 1.29 is 38.2 Å². The smallest absolute Gasteiger partial charge is 0.306 e. The van der Waals surface area contributed by atoms with Crippen LogP contribution >= 0.6 is 14.5 Å². The van der Waals surface area contributed by atoms with Crippen LogP contribution in [0.5, 0.6) is 11.5 Å². The minimum atomic E-state index is -3.69. The molecule has 0 aliphatic heterocycles. The van der Waals surface area contributed by atoms with Crippen LogP contribution in [-0.4, -0.2) is 35.2 Å². The first-order valence-electron chi connectivity index (χ1n) is 21.5. The summed E-state index contributed by atoms with van der Waals surface area (Å²) in [5.74, 6) is 0.0326. The lowest BCUT2D eigenvalue weighted by Crippen LogP contribution is -2.25. The van der Waals surface area contributed by atoms with Crippen LogP contribution in [0, 0.1) is 0 Å². The largest absolute Gasteiger partial charge is 0.493 e. The summed E-state index contributed by atoms with van der Waals surface area (Å²) < 4.78 is 40.6. The Morgan fingerprint density at radius 3 is 1.49 bits per heavy atom. The van der Waals surface area contributed by atoms with E-state index in [1.807, 2.05) is 104 Å². The van der Waals surface area contributed by atoms with E-state index in [-0.39, 0.29) is 36.3 Å². The lowest BCUT2D eigenvalue weighted by atomic mass is 10.1. The molecular weight excluding hydrogens is 855 g/mol. The topological polar surface area (TPSA) is 151 Å². The van der Waals surface area contributed by atoms with Crippen LogP contribution in [0.3, 0.4) is 0 Å². The summed E-state index contributed by atoms with van der Waals surface area (Å²) in [7, 11) is -6.59. The highest BCUT2D eigenvalue weighted by molar-refractivity contribution is 7.85. The van der Waals surface area contributed by atoms with Crippen molar-refractivity contribution in [3.8, 4) is 11.5 Å². The van der Waals surface area contributed by atoms with Gasteiger partial charge in [0.25, 0.3) is 5.91 Å². The number of nitrogens with one attached hydrogen (secondary N) is 2. The van der Waals surface area contributed by atoms with Crippen LogP contribution in [0.1, 0.15) is 67.3 Å². The van der Waals surface area contributed by atoms with Gasteiger partial charge in [-0.3, -0.25) is 14.2 Å². The van der Waals surface area contributed by atoms with E-state index in [1.165, 1.54) is 6.07 Å². The molecule has 0 saturated heterocycles. The number of aliphatic hydroxyl groups excluding tert-OH is 2. The summed E-state index contributed by atoms with van der Waals surface area (Å²) >= 11 is 0. The fourth-order valence-electron chi connectivity index (χ4n) is 6.83. The van der Waals surface area contributed by atoms with Crippen LogP contribution in [0.15, 0.2) is 188 Å². The number of carbonyl (C=O) groups excluding carboxylic acids is 2. The van der Waals surface area contributed by atoms with Gasteiger partial charge in [-0.2, -0.15) is 0 Å². The zero-order chi connectivity index (χ0) is 46.2. The van der Waals surface area contributed by atoms with E-state index in [0.29, 0.717) is 28.5 Å². The Hall–Kier alpha value is -6.54. The molecule has 0 spiro atoms. The molecule has 0 fully saturated rings. The molecule has 4 N–H and O–H groups in total. The third-order valence-corrected chi connectivity index (χ3v) is 15.9. The van der Waals surface area contributed by atoms with Gasteiger partial charge >= 0.3 is 7.37 Å². The molecule has 334 valence electrons. The average molecular weight is 909 g/mol. The van der Waals surface area contributed by atoms with Crippen LogP contribution in [0.25, 0.3) is 0 Å². The molecule has 7 aromatic carbocycles. The van der Waals surface area contributed by atoms with Crippen molar-refractivity contribution in [3.05, 3.63) is 205 Å². The molecule has 10 nitrogen and oxygen atoms in total. The molecule has 0 saturated carbocycles. The minimum absolute atomic E-state index is 0.0331. The van der Waals surface area contributed by atoms with Gasteiger partial charge in [0, 0.05) is 28.0 Å². The maximum Gasteiger partial charge on any atom is 0.306 e. The predicted molar refractivity (Wildman–Crippen MR) is 262 cm³/mol. The second kappa shape index (κ2) is 22.9. The molecule has 0 heterocycles. The van der Waals surface area contributed by atoms with Crippen molar-refractivity contribution in [1.82, 2.24) is 5.32 Å². The summed E-state index contributed by atoms with van der Waals surface area (Å²) in [5.41, 5.74) is 2.18. The van der Waals surface area contributed by atoms with Gasteiger partial charge in [0.15, 0.2) is 12.9 Å². The number of benzene rings is 7. The summed E-state index contributed by atoms with van der Waals surface area (Å²) in [6, 6.07) is 55.9. The van der Waals surface area contributed by atoms with Crippen molar-refractivity contribution in [3.63, 3.8) is 0 Å². The molecule has 2 unspecified atom stereocenters. The first kappa shape index (κ1) is 47.9. The maximum absolute atomic E-state index is 14.6. The van der Waals surface area contributed by atoms with E-state index in [4.69, 9.17) is 9.26 Å². The van der Waals surface area contributed by atoms with Gasteiger partial charge in [0.05, 0.1) is 41.5 Å². The average Bonchev–Trinajstić information content (AvgIpc) is 3.35. The van der Waals surface area contributed by atoms with E-state index >= 15 is 0 Å². The van der Waals surface area contributed by atoms with Crippen molar-refractivity contribution in [2.75, 3.05) is 18.5 Å². The maximum atomic E-state index is 14.6. The van der Waals surface area contributed by atoms with Gasteiger partial charge in [0.1, 0.15) is 5.75 Å². The molecule has 0 aromatic heterocycles. The second-order valence-electron chi connectivity index (χ2n) is 15.2. The predicted octanol–water partition coefficient (Wildman–Crippen LogP) is 8.97. The number of hydrogen-bond donors (Lipinski definition) is 4. The molecule has 0 radical (unpaired) electrons. The lowest BCUT2D eigenvalue weighted by molar-refractivity contribution is -0.116. The van der Waals surface area contributed by atoms with Gasteiger partial charge in [-0.15, -0.1) is 0 Å². The number of hydrogen-bond acceptors (Lipinski definition) is 8. The Morgan fingerprint density at radius 1 is 0.585 bits per heavy atom. The summed E-state index contributed by atoms with van der Waals surface area (Å²) in [6.07, 6.45) is -0.306. The standard InChI is InChI=1S/C33H35N2O6P.C20H19O2P/c1-3-21-34-33(38)26-16-19-30(35-32(37)20-22-40-27-17-14-25(15-18-27)24(2)36)31(23-26)41-42(39,28-10-6-4-7-11-28)29-12-8-5-9-13-29;1-16(21)17-12-14-20(15-13-17)23(22,18-8-4-2-5-9-18)19-10-6-3-7-11-19/h4-19,23-24,36H,3,20-22H2,1-2H3,(H,34,38)(H,35,37);2-16,21H,1H3. The number of ether oxygens (including phenoxy) is 1. The highest BCUT2D eigenvalue weighted by Crippen LogP contribution is 2.47. The molecule has 0 aliphatic rings. The lowest BCUT2D eigenvalue weighted by Gasteiger charge is -2.23. The fourth-order valence-corrected chi connectivity index (χ4v) is 11.5. The molecular formula is C53H54N2O8P2. The second-order valence-corrected chi connectivity index (χ2v) is 20.3. The van der Waals surface area contributed by atoms with E-state index in [9.17, 15) is 28.9 Å². The molecule has 2 atom stereocenters. The Morgan fingerprint density at radius 2 is 1.03 bits per heavy atom. The fraction of sp³-hybridized carbons (Fsp3) is 0.170. The van der Waals surface area contributed by atoms with Crippen molar-refractivity contribution in [2.45, 2.75) is 45.8 Å². The number of amides is 2. The number of aliphatic hydroxyl groups is 2. The van der Waals surface area contributed by atoms with E-state index in [2.05, 4.69) is 10.6 Å². The Kier molecular flexibility index (Phi) is 16.9. The van der Waals surface area contributed by atoms with Gasteiger partial charge < -0.3 is 34.7 Å². The summed E-state index contributed by atoms with van der Waals surface area (Å²) in [5, 5.41) is 28.4. The molecule has 0 bridgehead atoms. The zero-order valence-electron chi connectivity index (χ0n) is 36.6. The molecule has 12 heteroatoms. The van der Waals surface area contributed by atoms with Crippen molar-refractivity contribution in [2.24, 2.45) is 0 Å². The third kappa shape index (κ3) is 12.4. The molecule has 2 amide bonds. The number of rotatable bonds is 17. The van der Waals surface area contributed by atoms with Gasteiger partial charge in [-0.05, 0) is 86.0 Å². The highest BCUT2D eigenvalue weighted by atomic mass is 31.2.